The average Bonchev–Trinajstić information content (AvgIpc) is 2.60. The number of rotatable bonds is 1. The fourth-order valence-electron chi connectivity index (χ4n) is 1.28. The minimum Gasteiger partial charge on any atom is -0.334 e. The van der Waals surface area contributed by atoms with Gasteiger partial charge in [-0.1, -0.05) is 46.6 Å². The van der Waals surface area contributed by atoms with E-state index in [-0.39, 0.29) is 0 Å². The molecule has 0 bridgehead atoms. The van der Waals surface area contributed by atoms with Crippen molar-refractivity contribution in [3.8, 4) is 0 Å². The van der Waals surface area contributed by atoms with E-state index in [9.17, 15) is 0 Å². The molecule has 0 amide bonds. The van der Waals surface area contributed by atoms with Gasteiger partial charge in [0.25, 0.3) is 0 Å². The summed E-state index contributed by atoms with van der Waals surface area (Å²) in [6.45, 7) is 2.07. The number of hydrogen-bond donors (Lipinski definition) is 1. The zero-order valence-corrected chi connectivity index (χ0v) is 11.5. The molecule has 0 aliphatic carbocycles. The van der Waals surface area contributed by atoms with Crippen molar-refractivity contribution in [2.24, 2.45) is 4.99 Å². The minimum absolute atomic E-state index is 0.342. The summed E-state index contributed by atoms with van der Waals surface area (Å²) in [7, 11) is 0. The maximum absolute atomic E-state index is 6.05. The van der Waals surface area contributed by atoms with Crippen LogP contribution >= 0.6 is 46.6 Å². The lowest BCUT2D eigenvalue weighted by Gasteiger charge is -2.08. The van der Waals surface area contributed by atoms with E-state index in [1.165, 1.54) is 0 Å². The second-order valence-corrected chi connectivity index (χ2v) is 5.70. The van der Waals surface area contributed by atoms with Gasteiger partial charge >= 0.3 is 0 Å². The lowest BCUT2D eigenvalue weighted by Crippen LogP contribution is -2.05. The van der Waals surface area contributed by atoms with Crippen LogP contribution < -0.4 is 5.32 Å². The number of aliphatic imine (C=N–C) groups is 1. The number of anilines is 1. The van der Waals surface area contributed by atoms with Crippen LogP contribution in [0.4, 0.5) is 5.69 Å². The standard InChI is InChI=1S/C10H9Cl3N2S/c1-5-4-16-10(14-5)15-9-3-7(12)6(11)2-8(9)13/h2-3,5H,4H2,1H3,(H,14,15). The van der Waals surface area contributed by atoms with Gasteiger partial charge in [-0.15, -0.1) is 0 Å². The van der Waals surface area contributed by atoms with Crippen LogP contribution in [-0.2, 0) is 0 Å². The second-order valence-electron chi connectivity index (χ2n) is 3.47. The first-order chi connectivity index (χ1) is 7.56. The largest absolute Gasteiger partial charge is 0.334 e. The molecule has 6 heteroatoms. The molecule has 2 rings (SSSR count). The summed E-state index contributed by atoms with van der Waals surface area (Å²) in [6.07, 6.45) is 0. The van der Waals surface area contributed by atoms with Crippen LogP contribution in [0.3, 0.4) is 0 Å². The van der Waals surface area contributed by atoms with E-state index < -0.39 is 0 Å². The smallest absolute Gasteiger partial charge is 0.161 e. The quantitative estimate of drug-likeness (QED) is 0.769. The Kier molecular flexibility index (Phi) is 3.90. The minimum atomic E-state index is 0.342. The summed E-state index contributed by atoms with van der Waals surface area (Å²) < 4.78 is 0. The molecule has 1 aromatic carbocycles. The van der Waals surface area contributed by atoms with Crippen LogP contribution in [0.25, 0.3) is 0 Å². The SMILES string of the molecule is CC1CSC(Nc2cc(Cl)c(Cl)cc2Cl)=N1. The van der Waals surface area contributed by atoms with Gasteiger partial charge in [-0.2, -0.15) is 0 Å². The number of benzene rings is 1. The maximum Gasteiger partial charge on any atom is 0.161 e. The Hall–Kier alpha value is -0.0900. The van der Waals surface area contributed by atoms with Gasteiger partial charge in [0.05, 0.1) is 26.8 Å². The fraction of sp³-hybridized carbons (Fsp3) is 0.300. The lowest BCUT2D eigenvalue weighted by molar-refractivity contribution is 0.865. The molecule has 2 nitrogen and oxygen atoms in total. The summed E-state index contributed by atoms with van der Waals surface area (Å²) in [5, 5.41) is 5.48. The Bertz CT molecular complexity index is 448. The summed E-state index contributed by atoms with van der Waals surface area (Å²) in [4.78, 5) is 4.41. The zero-order valence-electron chi connectivity index (χ0n) is 8.43. The fourth-order valence-corrected chi connectivity index (χ4v) is 2.78. The van der Waals surface area contributed by atoms with E-state index in [4.69, 9.17) is 34.8 Å². The average molecular weight is 296 g/mol. The molecule has 1 N–H and O–H groups in total. The summed E-state index contributed by atoms with van der Waals surface area (Å²) in [5.41, 5.74) is 0.733. The van der Waals surface area contributed by atoms with Gasteiger partial charge in [-0.05, 0) is 19.1 Å². The predicted molar refractivity (Wildman–Crippen MR) is 74.4 cm³/mol. The van der Waals surface area contributed by atoms with Gasteiger partial charge in [-0.3, -0.25) is 4.99 Å². The van der Waals surface area contributed by atoms with Gasteiger partial charge in [0.2, 0.25) is 0 Å². The molecule has 1 heterocycles. The third-order valence-corrected chi connectivity index (χ3v) is 4.22. The van der Waals surface area contributed by atoms with Crippen molar-refractivity contribution in [2.75, 3.05) is 11.1 Å². The maximum atomic E-state index is 6.05. The van der Waals surface area contributed by atoms with Crippen LogP contribution in [0, 0.1) is 0 Å². The van der Waals surface area contributed by atoms with E-state index in [1.807, 2.05) is 0 Å². The van der Waals surface area contributed by atoms with Gasteiger partial charge in [-0.25, -0.2) is 0 Å². The summed E-state index contributed by atoms with van der Waals surface area (Å²) >= 11 is 19.5. The van der Waals surface area contributed by atoms with Gasteiger partial charge < -0.3 is 5.32 Å². The number of nitrogens with zero attached hydrogens (tertiary/aromatic N) is 1. The highest BCUT2D eigenvalue weighted by atomic mass is 35.5. The highest BCUT2D eigenvalue weighted by molar-refractivity contribution is 8.14. The highest BCUT2D eigenvalue weighted by Crippen LogP contribution is 2.33. The Balaban J connectivity index is 2.22. The Labute approximate surface area is 113 Å². The number of amidine groups is 1. The van der Waals surface area contributed by atoms with Crippen molar-refractivity contribution < 1.29 is 0 Å². The molecule has 0 saturated heterocycles. The second kappa shape index (κ2) is 5.05. The third kappa shape index (κ3) is 2.77. The van der Waals surface area contributed by atoms with Gasteiger partial charge in [0.1, 0.15) is 0 Å². The molecule has 1 unspecified atom stereocenters. The molecule has 0 radical (unpaired) electrons. The molecule has 1 aliphatic rings. The molecular weight excluding hydrogens is 287 g/mol. The normalized spacial score (nSPS) is 19.8. The first-order valence-electron chi connectivity index (χ1n) is 4.68. The van der Waals surface area contributed by atoms with Crippen molar-refractivity contribution >= 4 is 57.4 Å². The van der Waals surface area contributed by atoms with Crippen LogP contribution in [-0.4, -0.2) is 17.0 Å². The van der Waals surface area contributed by atoms with E-state index in [0.717, 1.165) is 16.6 Å². The number of nitrogens with one attached hydrogen (secondary N) is 1. The predicted octanol–water partition coefficient (Wildman–Crippen LogP) is 4.55. The summed E-state index contributed by atoms with van der Waals surface area (Å²) in [6, 6.07) is 3.67. The van der Waals surface area contributed by atoms with E-state index >= 15 is 0 Å². The molecule has 0 aromatic heterocycles. The number of thioether (sulfide) groups is 1. The van der Waals surface area contributed by atoms with E-state index in [0.29, 0.717) is 21.1 Å². The van der Waals surface area contributed by atoms with Crippen LogP contribution in [0.1, 0.15) is 6.92 Å². The zero-order chi connectivity index (χ0) is 11.7. The monoisotopic (exact) mass is 294 g/mol. The molecule has 0 saturated carbocycles. The van der Waals surface area contributed by atoms with Gasteiger partial charge in [0, 0.05) is 5.75 Å². The molecular formula is C10H9Cl3N2S. The van der Waals surface area contributed by atoms with Gasteiger partial charge in [0.15, 0.2) is 5.17 Å². The molecule has 0 fully saturated rings. The molecule has 1 aromatic rings. The van der Waals surface area contributed by atoms with E-state index in [2.05, 4.69) is 17.2 Å². The van der Waals surface area contributed by atoms with Crippen molar-refractivity contribution in [1.82, 2.24) is 0 Å². The molecule has 86 valence electrons. The van der Waals surface area contributed by atoms with E-state index in [1.54, 1.807) is 23.9 Å². The molecule has 1 atom stereocenters. The van der Waals surface area contributed by atoms with Crippen LogP contribution in [0.15, 0.2) is 17.1 Å². The Morgan fingerprint density at radius 1 is 1.25 bits per heavy atom. The Morgan fingerprint density at radius 3 is 2.56 bits per heavy atom. The topological polar surface area (TPSA) is 24.4 Å². The number of halogens is 3. The van der Waals surface area contributed by atoms with Crippen molar-refractivity contribution in [1.29, 1.82) is 0 Å². The number of hydrogen-bond acceptors (Lipinski definition) is 3. The van der Waals surface area contributed by atoms with Crippen molar-refractivity contribution in [3.63, 3.8) is 0 Å². The molecule has 0 spiro atoms. The first kappa shape index (κ1) is 12.4. The highest BCUT2D eigenvalue weighted by Gasteiger charge is 2.15. The first-order valence-corrected chi connectivity index (χ1v) is 6.80. The van der Waals surface area contributed by atoms with Crippen molar-refractivity contribution in [3.05, 3.63) is 27.2 Å². The third-order valence-electron chi connectivity index (χ3n) is 2.05. The summed E-state index contributed by atoms with van der Waals surface area (Å²) in [5.74, 6) is 0.987. The van der Waals surface area contributed by atoms with Crippen LogP contribution in [0.5, 0.6) is 0 Å². The Morgan fingerprint density at radius 2 is 1.94 bits per heavy atom. The lowest BCUT2D eigenvalue weighted by atomic mass is 10.3. The van der Waals surface area contributed by atoms with Crippen molar-refractivity contribution in [2.45, 2.75) is 13.0 Å². The molecule has 16 heavy (non-hydrogen) atoms. The van der Waals surface area contributed by atoms with Crippen LogP contribution in [0.2, 0.25) is 15.1 Å². The molecule has 1 aliphatic heterocycles.